The van der Waals surface area contributed by atoms with E-state index < -0.39 is 15.9 Å². The van der Waals surface area contributed by atoms with Crippen LogP contribution in [-0.4, -0.2) is 33.9 Å². The van der Waals surface area contributed by atoms with Gasteiger partial charge >= 0.3 is 0 Å². The number of carbonyl (C=O) groups is 2. The molecule has 2 amide bonds. The quantitative estimate of drug-likeness (QED) is 0.748. The standard InChI is InChI=1S/C18H20N2O5S/c1-13(2)20(12-21)14-8-10-15(11-9-14)26(23,24)19-18(22)16-6-4-5-7-17(16)25-3/h4-13H,1-3H3,(H,19,22). The van der Waals surface area contributed by atoms with E-state index in [-0.39, 0.29) is 22.3 Å². The topological polar surface area (TPSA) is 92.8 Å². The van der Waals surface area contributed by atoms with Gasteiger partial charge in [-0.15, -0.1) is 0 Å². The molecule has 0 fully saturated rings. The van der Waals surface area contributed by atoms with Crippen molar-refractivity contribution in [2.24, 2.45) is 0 Å². The van der Waals surface area contributed by atoms with E-state index >= 15 is 0 Å². The van der Waals surface area contributed by atoms with Gasteiger partial charge in [0.15, 0.2) is 0 Å². The number of methoxy groups -OCH3 is 1. The molecule has 0 saturated heterocycles. The van der Waals surface area contributed by atoms with E-state index in [0.717, 1.165) is 0 Å². The summed E-state index contributed by atoms with van der Waals surface area (Å²) in [5.41, 5.74) is 0.673. The zero-order chi connectivity index (χ0) is 19.3. The number of benzene rings is 2. The van der Waals surface area contributed by atoms with Gasteiger partial charge in [0.05, 0.1) is 17.6 Å². The summed E-state index contributed by atoms with van der Waals surface area (Å²) >= 11 is 0. The van der Waals surface area contributed by atoms with E-state index in [9.17, 15) is 18.0 Å². The smallest absolute Gasteiger partial charge is 0.268 e. The molecule has 8 heteroatoms. The lowest BCUT2D eigenvalue weighted by Crippen LogP contribution is -2.31. The van der Waals surface area contributed by atoms with E-state index in [4.69, 9.17) is 4.74 Å². The Morgan fingerprint density at radius 3 is 2.27 bits per heavy atom. The molecule has 0 aliphatic heterocycles. The van der Waals surface area contributed by atoms with Crippen molar-refractivity contribution in [3.05, 3.63) is 54.1 Å². The van der Waals surface area contributed by atoms with Crippen molar-refractivity contribution < 1.29 is 22.7 Å². The molecule has 7 nitrogen and oxygen atoms in total. The van der Waals surface area contributed by atoms with Crippen LogP contribution in [-0.2, 0) is 14.8 Å². The molecule has 0 aromatic heterocycles. The van der Waals surface area contributed by atoms with Crippen LogP contribution in [0.5, 0.6) is 5.75 Å². The molecule has 2 aromatic carbocycles. The van der Waals surface area contributed by atoms with Crippen LogP contribution in [0.15, 0.2) is 53.4 Å². The van der Waals surface area contributed by atoms with Crippen LogP contribution in [0.3, 0.4) is 0 Å². The minimum absolute atomic E-state index is 0.0693. The first-order valence-corrected chi connectivity index (χ1v) is 9.32. The Labute approximate surface area is 152 Å². The summed E-state index contributed by atoms with van der Waals surface area (Å²) in [5, 5.41) is 0. The maximum Gasteiger partial charge on any atom is 0.268 e. The Morgan fingerprint density at radius 2 is 1.73 bits per heavy atom. The van der Waals surface area contributed by atoms with Gasteiger partial charge in [0.2, 0.25) is 6.41 Å². The summed E-state index contributed by atoms with van der Waals surface area (Å²) in [6, 6.07) is 12.0. The zero-order valence-electron chi connectivity index (χ0n) is 14.7. The number of nitrogens with one attached hydrogen (secondary N) is 1. The lowest BCUT2D eigenvalue weighted by atomic mass is 10.2. The minimum atomic E-state index is -4.06. The van der Waals surface area contributed by atoms with Gasteiger partial charge in [0.25, 0.3) is 15.9 Å². The molecule has 26 heavy (non-hydrogen) atoms. The molecule has 0 unspecified atom stereocenters. The van der Waals surface area contributed by atoms with Gasteiger partial charge in [-0.25, -0.2) is 13.1 Å². The van der Waals surface area contributed by atoms with Crippen LogP contribution in [0.4, 0.5) is 5.69 Å². The molecule has 0 spiro atoms. The Kier molecular flexibility index (Phi) is 5.99. The number of carbonyl (C=O) groups excluding carboxylic acids is 2. The van der Waals surface area contributed by atoms with Crippen LogP contribution < -0.4 is 14.4 Å². The molecule has 0 radical (unpaired) electrons. The maximum absolute atomic E-state index is 12.4. The number of sulfonamides is 1. The Morgan fingerprint density at radius 1 is 1.12 bits per heavy atom. The molecule has 0 heterocycles. The molecule has 138 valence electrons. The molecule has 2 aromatic rings. The van der Waals surface area contributed by atoms with Gasteiger partial charge in [-0.3, -0.25) is 9.59 Å². The monoisotopic (exact) mass is 376 g/mol. The summed E-state index contributed by atoms with van der Waals surface area (Å²) in [5.74, 6) is -0.516. The first-order valence-electron chi connectivity index (χ1n) is 7.84. The molecule has 0 bridgehead atoms. The van der Waals surface area contributed by atoms with E-state index in [2.05, 4.69) is 0 Å². The van der Waals surface area contributed by atoms with Crippen molar-refractivity contribution in [3.63, 3.8) is 0 Å². The lowest BCUT2D eigenvalue weighted by Gasteiger charge is -2.21. The van der Waals surface area contributed by atoms with Gasteiger partial charge in [0.1, 0.15) is 5.75 Å². The van der Waals surface area contributed by atoms with Gasteiger partial charge < -0.3 is 9.64 Å². The highest BCUT2D eigenvalue weighted by Crippen LogP contribution is 2.21. The van der Waals surface area contributed by atoms with Crippen molar-refractivity contribution in [1.82, 2.24) is 4.72 Å². The number of rotatable bonds is 7. The Bertz CT molecular complexity index is 892. The highest BCUT2D eigenvalue weighted by atomic mass is 32.2. The molecule has 0 saturated carbocycles. The third-order valence-electron chi connectivity index (χ3n) is 3.69. The predicted octanol–water partition coefficient (Wildman–Crippen LogP) is 2.19. The molecule has 0 aliphatic rings. The van der Waals surface area contributed by atoms with Crippen molar-refractivity contribution in [2.75, 3.05) is 12.0 Å². The van der Waals surface area contributed by atoms with Crippen molar-refractivity contribution in [1.29, 1.82) is 0 Å². The SMILES string of the molecule is COc1ccccc1C(=O)NS(=O)(=O)c1ccc(N(C=O)C(C)C)cc1. The number of nitrogens with zero attached hydrogens (tertiary/aromatic N) is 1. The summed E-state index contributed by atoms with van der Waals surface area (Å²) in [7, 11) is -2.67. The summed E-state index contributed by atoms with van der Waals surface area (Å²) in [6.45, 7) is 3.68. The first kappa shape index (κ1) is 19.5. The predicted molar refractivity (Wildman–Crippen MR) is 97.8 cm³/mol. The summed E-state index contributed by atoms with van der Waals surface area (Å²) in [6.07, 6.45) is 0.678. The lowest BCUT2D eigenvalue weighted by molar-refractivity contribution is -0.107. The Hall–Kier alpha value is -2.87. The van der Waals surface area contributed by atoms with E-state index in [0.29, 0.717) is 12.1 Å². The fourth-order valence-electron chi connectivity index (χ4n) is 2.35. The third kappa shape index (κ3) is 4.20. The van der Waals surface area contributed by atoms with Crippen LogP contribution in [0, 0.1) is 0 Å². The molecule has 1 N–H and O–H groups in total. The maximum atomic E-state index is 12.4. The van der Waals surface area contributed by atoms with Gasteiger partial charge in [-0.2, -0.15) is 0 Å². The normalized spacial score (nSPS) is 11.1. The van der Waals surface area contributed by atoms with Gasteiger partial charge in [0, 0.05) is 11.7 Å². The van der Waals surface area contributed by atoms with Crippen LogP contribution in [0.25, 0.3) is 0 Å². The fraction of sp³-hybridized carbons (Fsp3) is 0.222. The minimum Gasteiger partial charge on any atom is -0.496 e. The number of anilines is 1. The van der Waals surface area contributed by atoms with Crippen LogP contribution in [0.2, 0.25) is 0 Å². The number of amides is 2. The Balaban J connectivity index is 2.25. The number of ether oxygens (including phenoxy) is 1. The van der Waals surface area contributed by atoms with Gasteiger partial charge in [-0.1, -0.05) is 12.1 Å². The number of para-hydroxylation sites is 1. The molecule has 2 rings (SSSR count). The second-order valence-electron chi connectivity index (χ2n) is 5.74. The summed E-state index contributed by atoms with van der Waals surface area (Å²) in [4.78, 5) is 24.8. The average molecular weight is 376 g/mol. The highest BCUT2D eigenvalue weighted by Gasteiger charge is 2.21. The highest BCUT2D eigenvalue weighted by molar-refractivity contribution is 7.90. The zero-order valence-corrected chi connectivity index (χ0v) is 15.5. The number of hydrogen-bond acceptors (Lipinski definition) is 5. The fourth-order valence-corrected chi connectivity index (χ4v) is 3.31. The molecule has 0 atom stereocenters. The van der Waals surface area contributed by atoms with Crippen molar-refractivity contribution >= 4 is 28.0 Å². The van der Waals surface area contributed by atoms with Crippen molar-refractivity contribution in [3.8, 4) is 5.75 Å². The third-order valence-corrected chi connectivity index (χ3v) is 5.04. The first-order chi connectivity index (χ1) is 12.3. The van der Waals surface area contributed by atoms with E-state index in [1.807, 2.05) is 18.6 Å². The van der Waals surface area contributed by atoms with Gasteiger partial charge in [-0.05, 0) is 50.2 Å². The molecular formula is C18H20N2O5S. The average Bonchev–Trinajstić information content (AvgIpc) is 2.62. The van der Waals surface area contributed by atoms with E-state index in [1.165, 1.54) is 42.3 Å². The van der Waals surface area contributed by atoms with E-state index in [1.54, 1.807) is 18.2 Å². The summed E-state index contributed by atoms with van der Waals surface area (Å²) < 4.78 is 32.0. The second-order valence-corrected chi connectivity index (χ2v) is 7.42. The van der Waals surface area contributed by atoms with Crippen LogP contribution in [0.1, 0.15) is 24.2 Å². The number of hydrogen-bond donors (Lipinski definition) is 1. The molecule has 0 aliphatic carbocycles. The largest absolute Gasteiger partial charge is 0.496 e. The van der Waals surface area contributed by atoms with Crippen LogP contribution >= 0.6 is 0 Å². The molecular weight excluding hydrogens is 356 g/mol. The second kappa shape index (κ2) is 8.01. The van der Waals surface area contributed by atoms with Crippen molar-refractivity contribution in [2.45, 2.75) is 24.8 Å².